The Kier molecular flexibility index (Phi) is 2.93. The van der Waals surface area contributed by atoms with Crippen LogP contribution >= 0.6 is 0 Å². The van der Waals surface area contributed by atoms with E-state index < -0.39 is 0 Å². The largest absolute Gasteiger partial charge is 0.0995 e. The van der Waals surface area contributed by atoms with E-state index in [1.54, 1.807) is 5.57 Å². The Balaban J connectivity index is 1.70. The van der Waals surface area contributed by atoms with Crippen LogP contribution in [0.5, 0.6) is 0 Å². The molecule has 0 amide bonds. The molecule has 0 nitrogen and oxygen atoms in total. The molecule has 0 bridgehead atoms. The van der Waals surface area contributed by atoms with E-state index in [4.69, 9.17) is 0 Å². The van der Waals surface area contributed by atoms with Crippen LogP contribution < -0.4 is 0 Å². The predicted octanol–water partition coefficient (Wildman–Crippen LogP) is 5.98. The van der Waals surface area contributed by atoms with Crippen molar-refractivity contribution in [2.75, 3.05) is 0 Å². The van der Waals surface area contributed by atoms with Crippen molar-refractivity contribution in [3.05, 3.63) is 12.2 Å². The summed E-state index contributed by atoms with van der Waals surface area (Å²) in [6.07, 6.45) is 14.8. The molecular weight excluding hydrogens is 240 g/mol. The molecule has 0 heteroatoms. The Morgan fingerprint density at radius 2 is 1.75 bits per heavy atom. The summed E-state index contributed by atoms with van der Waals surface area (Å²) in [5.74, 6) is 3.90. The molecule has 6 atom stereocenters. The highest BCUT2D eigenvalue weighted by Gasteiger charge is 2.57. The second-order valence-corrected chi connectivity index (χ2v) is 9.13. The van der Waals surface area contributed by atoms with Crippen LogP contribution in [-0.4, -0.2) is 0 Å². The second kappa shape index (κ2) is 4.37. The lowest BCUT2D eigenvalue weighted by molar-refractivity contribution is -0.0797. The van der Waals surface area contributed by atoms with Crippen molar-refractivity contribution in [3.63, 3.8) is 0 Å². The van der Waals surface area contributed by atoms with Crippen LogP contribution in [-0.2, 0) is 0 Å². The summed E-state index contributed by atoms with van der Waals surface area (Å²) >= 11 is 0. The maximum atomic E-state index is 4.57. The maximum Gasteiger partial charge on any atom is -0.0149 e. The molecule has 0 N–H and O–H groups in total. The molecule has 0 radical (unpaired) electrons. The fourth-order valence-electron chi connectivity index (χ4n) is 7.30. The lowest BCUT2D eigenvalue weighted by atomic mass is 9.44. The van der Waals surface area contributed by atoms with Crippen LogP contribution in [0.3, 0.4) is 0 Å². The predicted molar refractivity (Wildman–Crippen MR) is 85.5 cm³/mol. The van der Waals surface area contributed by atoms with E-state index in [0.29, 0.717) is 10.8 Å². The normalized spacial score (nSPS) is 55.0. The van der Waals surface area contributed by atoms with E-state index in [1.165, 1.54) is 64.2 Å². The molecule has 4 saturated carbocycles. The average molecular weight is 272 g/mol. The molecule has 0 aromatic heterocycles. The fraction of sp³-hybridized carbons (Fsp3) is 0.900. The molecule has 112 valence electrons. The number of allylic oxidation sites excluding steroid dienone is 1. The van der Waals surface area contributed by atoms with Crippen molar-refractivity contribution in [2.45, 2.75) is 78.1 Å². The average Bonchev–Trinajstić information content (AvgIpc) is 2.81. The third-order valence-corrected chi connectivity index (χ3v) is 8.31. The molecular formula is C20H32. The van der Waals surface area contributed by atoms with Crippen LogP contribution in [0.15, 0.2) is 12.2 Å². The first-order valence-electron chi connectivity index (χ1n) is 9.22. The highest BCUT2D eigenvalue weighted by atomic mass is 14.6. The molecule has 0 heterocycles. The van der Waals surface area contributed by atoms with E-state index in [0.717, 1.165) is 23.7 Å². The van der Waals surface area contributed by atoms with Gasteiger partial charge in [0.25, 0.3) is 0 Å². The van der Waals surface area contributed by atoms with Crippen molar-refractivity contribution in [1.82, 2.24) is 0 Å². The van der Waals surface area contributed by atoms with Gasteiger partial charge in [0.2, 0.25) is 0 Å². The smallest absolute Gasteiger partial charge is 0.0149 e. The lowest BCUT2D eigenvalue weighted by Crippen LogP contribution is -2.52. The summed E-state index contributed by atoms with van der Waals surface area (Å²) in [6, 6.07) is 0. The fourth-order valence-corrected chi connectivity index (χ4v) is 7.30. The molecule has 0 saturated heterocycles. The van der Waals surface area contributed by atoms with Gasteiger partial charge in [0, 0.05) is 0 Å². The molecule has 20 heavy (non-hydrogen) atoms. The Morgan fingerprint density at radius 1 is 0.900 bits per heavy atom. The van der Waals surface area contributed by atoms with Gasteiger partial charge in [-0.15, -0.1) is 0 Å². The SMILES string of the molecule is C=C1C[C@H]2[C@@H]3CCC[C@@]3(C)CC[C@@H]2[C@@]2(C)CCCC[C@H]12. The number of rotatable bonds is 0. The van der Waals surface area contributed by atoms with Gasteiger partial charge in [0.15, 0.2) is 0 Å². The Morgan fingerprint density at radius 3 is 2.60 bits per heavy atom. The first-order chi connectivity index (χ1) is 9.55. The van der Waals surface area contributed by atoms with E-state index in [2.05, 4.69) is 20.4 Å². The van der Waals surface area contributed by atoms with Crippen molar-refractivity contribution >= 4 is 0 Å². The van der Waals surface area contributed by atoms with E-state index in [-0.39, 0.29) is 0 Å². The van der Waals surface area contributed by atoms with Crippen molar-refractivity contribution in [3.8, 4) is 0 Å². The minimum Gasteiger partial charge on any atom is -0.0995 e. The standard InChI is InChI=1S/C20H32/c1-14-13-15-17-8-6-10-19(17,2)12-9-18(15)20(3)11-5-4-7-16(14)20/h15-18H,1,4-13H2,2-3H3/t15-,16+,17-,18-,19-,20-/m0/s1. The van der Waals surface area contributed by atoms with Crippen LogP contribution in [0.4, 0.5) is 0 Å². The van der Waals surface area contributed by atoms with E-state index in [9.17, 15) is 0 Å². The quantitative estimate of drug-likeness (QED) is 0.476. The summed E-state index contributed by atoms with van der Waals surface area (Å²) in [7, 11) is 0. The highest BCUT2D eigenvalue weighted by molar-refractivity contribution is 5.19. The van der Waals surface area contributed by atoms with Gasteiger partial charge in [0.05, 0.1) is 0 Å². The summed E-state index contributed by atoms with van der Waals surface area (Å²) in [5, 5.41) is 0. The van der Waals surface area contributed by atoms with Crippen LogP contribution in [0.2, 0.25) is 0 Å². The first-order valence-corrected chi connectivity index (χ1v) is 9.22. The zero-order chi connectivity index (χ0) is 14.0. The van der Waals surface area contributed by atoms with Crippen LogP contribution in [0.1, 0.15) is 78.1 Å². The molecule has 0 aliphatic heterocycles. The summed E-state index contributed by atoms with van der Waals surface area (Å²) in [4.78, 5) is 0. The Hall–Kier alpha value is -0.260. The van der Waals surface area contributed by atoms with Gasteiger partial charge < -0.3 is 0 Å². The molecule has 4 rings (SSSR count). The number of hydrogen-bond acceptors (Lipinski definition) is 0. The van der Waals surface area contributed by atoms with Gasteiger partial charge in [-0.05, 0) is 79.4 Å². The Labute approximate surface area is 125 Å². The van der Waals surface area contributed by atoms with Gasteiger partial charge in [-0.2, -0.15) is 0 Å². The molecule has 4 aliphatic rings. The topological polar surface area (TPSA) is 0 Å². The summed E-state index contributed by atoms with van der Waals surface area (Å²) in [5.41, 5.74) is 2.95. The van der Waals surface area contributed by atoms with Gasteiger partial charge in [-0.1, -0.05) is 45.3 Å². The zero-order valence-electron chi connectivity index (χ0n) is 13.6. The molecule has 0 spiro atoms. The minimum atomic E-state index is 0.613. The molecule has 0 unspecified atom stereocenters. The minimum absolute atomic E-state index is 0.613. The van der Waals surface area contributed by atoms with Crippen LogP contribution in [0.25, 0.3) is 0 Å². The molecule has 4 aliphatic carbocycles. The number of fused-ring (bicyclic) bond motifs is 5. The molecule has 4 fully saturated rings. The first kappa shape index (κ1) is 13.4. The third-order valence-electron chi connectivity index (χ3n) is 8.31. The van der Waals surface area contributed by atoms with Gasteiger partial charge >= 0.3 is 0 Å². The maximum absolute atomic E-state index is 4.57. The Bertz CT molecular complexity index is 422. The van der Waals surface area contributed by atoms with Crippen molar-refractivity contribution in [2.24, 2.45) is 34.5 Å². The van der Waals surface area contributed by atoms with E-state index in [1.807, 2.05) is 0 Å². The molecule has 0 aromatic carbocycles. The lowest BCUT2D eigenvalue weighted by Gasteiger charge is -2.60. The van der Waals surface area contributed by atoms with Gasteiger partial charge in [-0.25, -0.2) is 0 Å². The third kappa shape index (κ3) is 1.66. The van der Waals surface area contributed by atoms with E-state index >= 15 is 0 Å². The zero-order valence-corrected chi connectivity index (χ0v) is 13.6. The molecule has 0 aromatic rings. The van der Waals surface area contributed by atoms with Crippen molar-refractivity contribution < 1.29 is 0 Å². The summed E-state index contributed by atoms with van der Waals surface area (Å²) < 4.78 is 0. The van der Waals surface area contributed by atoms with Crippen LogP contribution in [0, 0.1) is 34.5 Å². The number of hydrogen-bond donors (Lipinski definition) is 0. The van der Waals surface area contributed by atoms with Gasteiger partial charge in [-0.3, -0.25) is 0 Å². The monoisotopic (exact) mass is 272 g/mol. The highest BCUT2D eigenvalue weighted by Crippen LogP contribution is 2.66. The van der Waals surface area contributed by atoms with Crippen molar-refractivity contribution in [1.29, 1.82) is 0 Å². The second-order valence-electron chi connectivity index (χ2n) is 9.13. The van der Waals surface area contributed by atoms with Gasteiger partial charge in [0.1, 0.15) is 0 Å². The summed E-state index contributed by atoms with van der Waals surface area (Å²) in [6.45, 7) is 9.83.